The van der Waals surface area contributed by atoms with Crippen molar-refractivity contribution in [2.45, 2.75) is 45.1 Å². The fourth-order valence-corrected chi connectivity index (χ4v) is 1.51. The predicted molar refractivity (Wildman–Crippen MR) is 59.5 cm³/mol. The summed E-state index contributed by atoms with van der Waals surface area (Å²) in [5.41, 5.74) is 0. The van der Waals surface area contributed by atoms with E-state index < -0.39 is 0 Å². The summed E-state index contributed by atoms with van der Waals surface area (Å²) < 4.78 is 5.13. The van der Waals surface area contributed by atoms with Crippen molar-refractivity contribution in [1.82, 2.24) is 5.32 Å². The van der Waals surface area contributed by atoms with Crippen molar-refractivity contribution in [2.75, 3.05) is 26.9 Å². The van der Waals surface area contributed by atoms with Gasteiger partial charge in [0.2, 0.25) is 0 Å². The average Bonchev–Trinajstić information content (AvgIpc) is 2.18. The highest BCUT2D eigenvalue weighted by Crippen LogP contribution is 1.98. The van der Waals surface area contributed by atoms with Crippen LogP contribution in [0.4, 0.5) is 0 Å². The third kappa shape index (κ3) is 8.48. The molecule has 3 nitrogen and oxygen atoms in total. The van der Waals surface area contributed by atoms with Crippen molar-refractivity contribution in [3.05, 3.63) is 0 Å². The number of methoxy groups -OCH3 is 1. The molecule has 0 aromatic heterocycles. The first kappa shape index (κ1) is 13.9. The highest BCUT2D eigenvalue weighted by atomic mass is 16.5. The van der Waals surface area contributed by atoms with Gasteiger partial charge in [-0.3, -0.25) is 0 Å². The van der Waals surface area contributed by atoms with E-state index in [0.717, 1.165) is 32.4 Å². The number of nitrogens with one attached hydrogen (secondary N) is 1. The minimum atomic E-state index is 0.316. The lowest BCUT2D eigenvalue weighted by atomic mass is 10.1. The first-order valence-corrected chi connectivity index (χ1v) is 5.68. The van der Waals surface area contributed by atoms with Gasteiger partial charge in [-0.1, -0.05) is 13.3 Å². The lowest BCUT2D eigenvalue weighted by molar-refractivity contribution is 0.161. The highest BCUT2D eigenvalue weighted by Gasteiger charge is 2.04. The average molecular weight is 203 g/mol. The van der Waals surface area contributed by atoms with Gasteiger partial charge in [0.1, 0.15) is 0 Å². The smallest absolute Gasteiger partial charge is 0.0615 e. The van der Waals surface area contributed by atoms with Crippen LogP contribution >= 0.6 is 0 Å². The summed E-state index contributed by atoms with van der Waals surface area (Å²) in [4.78, 5) is 0. The lowest BCUT2D eigenvalue weighted by Gasteiger charge is -2.16. The molecule has 0 saturated carbocycles. The van der Waals surface area contributed by atoms with Crippen LogP contribution in [0.2, 0.25) is 0 Å². The van der Waals surface area contributed by atoms with E-state index in [1.54, 1.807) is 7.11 Å². The second-order valence-electron chi connectivity index (χ2n) is 3.68. The topological polar surface area (TPSA) is 41.5 Å². The Morgan fingerprint density at radius 2 is 2.07 bits per heavy atom. The fraction of sp³-hybridized carbons (Fsp3) is 1.00. The molecule has 0 aliphatic rings. The molecule has 2 N–H and O–H groups in total. The quantitative estimate of drug-likeness (QED) is 0.529. The monoisotopic (exact) mass is 203 g/mol. The minimum Gasteiger partial charge on any atom is -0.396 e. The van der Waals surface area contributed by atoms with E-state index in [1.807, 2.05) is 0 Å². The molecule has 0 aromatic carbocycles. The molecule has 0 fully saturated rings. The maximum Gasteiger partial charge on any atom is 0.0615 e. The normalized spacial score (nSPS) is 13.1. The Morgan fingerprint density at radius 1 is 1.29 bits per heavy atom. The van der Waals surface area contributed by atoms with Gasteiger partial charge in [-0.2, -0.15) is 0 Å². The van der Waals surface area contributed by atoms with Crippen LogP contribution in [0.25, 0.3) is 0 Å². The third-order valence-electron chi connectivity index (χ3n) is 2.27. The maximum atomic E-state index is 8.60. The molecule has 0 spiro atoms. The molecule has 0 radical (unpaired) electrons. The molecule has 86 valence electrons. The summed E-state index contributed by atoms with van der Waals surface area (Å²) in [5.74, 6) is 0. The largest absolute Gasteiger partial charge is 0.396 e. The van der Waals surface area contributed by atoms with Gasteiger partial charge in [0.05, 0.1) is 6.61 Å². The van der Waals surface area contributed by atoms with Crippen molar-refractivity contribution < 1.29 is 9.84 Å². The number of hydrogen-bond acceptors (Lipinski definition) is 3. The second-order valence-corrected chi connectivity index (χ2v) is 3.68. The maximum absolute atomic E-state index is 8.60. The number of ether oxygens (including phenoxy) is 1. The van der Waals surface area contributed by atoms with Crippen molar-refractivity contribution in [2.24, 2.45) is 0 Å². The Bertz CT molecular complexity index is 103. The number of aliphatic hydroxyl groups excluding tert-OH is 1. The Balaban J connectivity index is 3.30. The van der Waals surface area contributed by atoms with E-state index in [0.29, 0.717) is 12.6 Å². The number of aliphatic hydroxyl groups is 1. The number of rotatable bonds is 10. The van der Waals surface area contributed by atoms with E-state index in [-0.39, 0.29) is 0 Å². The van der Waals surface area contributed by atoms with Crippen LogP contribution in [0, 0.1) is 0 Å². The molecule has 0 aliphatic carbocycles. The van der Waals surface area contributed by atoms with Gasteiger partial charge in [0, 0.05) is 19.8 Å². The van der Waals surface area contributed by atoms with E-state index in [1.165, 1.54) is 12.8 Å². The zero-order chi connectivity index (χ0) is 10.6. The SMILES string of the molecule is CCCC(COC)NCCCCCO. The van der Waals surface area contributed by atoms with Gasteiger partial charge in [-0.05, 0) is 32.2 Å². The first-order chi connectivity index (χ1) is 6.85. The number of hydrogen-bond donors (Lipinski definition) is 2. The molecular formula is C11H25NO2. The minimum absolute atomic E-state index is 0.316. The fourth-order valence-electron chi connectivity index (χ4n) is 1.51. The predicted octanol–water partition coefficient (Wildman–Crippen LogP) is 1.55. The molecule has 14 heavy (non-hydrogen) atoms. The van der Waals surface area contributed by atoms with E-state index in [4.69, 9.17) is 9.84 Å². The molecule has 3 heteroatoms. The van der Waals surface area contributed by atoms with Crippen LogP contribution in [0.1, 0.15) is 39.0 Å². The summed E-state index contributed by atoms with van der Waals surface area (Å²) in [7, 11) is 1.75. The summed E-state index contributed by atoms with van der Waals surface area (Å²) in [6.07, 6.45) is 5.54. The van der Waals surface area contributed by atoms with E-state index in [2.05, 4.69) is 12.2 Å². The molecule has 0 heterocycles. The van der Waals surface area contributed by atoms with E-state index >= 15 is 0 Å². The Hall–Kier alpha value is -0.120. The summed E-state index contributed by atoms with van der Waals surface area (Å²) in [5, 5.41) is 12.1. The van der Waals surface area contributed by atoms with Crippen LogP contribution in [-0.2, 0) is 4.74 Å². The standard InChI is InChI=1S/C11H25NO2/c1-3-7-11(10-14-2)12-8-5-4-6-9-13/h11-13H,3-10H2,1-2H3. The molecule has 0 aromatic rings. The Morgan fingerprint density at radius 3 is 2.64 bits per heavy atom. The Labute approximate surface area is 87.8 Å². The van der Waals surface area contributed by atoms with Crippen molar-refractivity contribution in [3.8, 4) is 0 Å². The second kappa shape index (κ2) is 11.0. The Kier molecular flexibility index (Phi) is 10.9. The highest BCUT2D eigenvalue weighted by molar-refractivity contribution is 4.64. The zero-order valence-electron chi connectivity index (χ0n) is 9.59. The van der Waals surface area contributed by atoms with Gasteiger partial charge in [-0.15, -0.1) is 0 Å². The summed E-state index contributed by atoms with van der Waals surface area (Å²) in [6.45, 7) is 4.34. The molecular weight excluding hydrogens is 178 g/mol. The molecule has 0 bridgehead atoms. The molecule has 1 unspecified atom stereocenters. The summed E-state index contributed by atoms with van der Waals surface area (Å²) in [6, 6.07) is 0.499. The molecule has 0 amide bonds. The molecule has 1 atom stereocenters. The molecule has 0 aliphatic heterocycles. The first-order valence-electron chi connectivity index (χ1n) is 5.68. The van der Waals surface area contributed by atoms with Crippen molar-refractivity contribution in [1.29, 1.82) is 0 Å². The number of unbranched alkanes of at least 4 members (excludes halogenated alkanes) is 2. The van der Waals surface area contributed by atoms with Crippen LogP contribution < -0.4 is 5.32 Å². The van der Waals surface area contributed by atoms with Gasteiger partial charge < -0.3 is 15.2 Å². The van der Waals surface area contributed by atoms with Gasteiger partial charge >= 0.3 is 0 Å². The van der Waals surface area contributed by atoms with Gasteiger partial charge in [0.15, 0.2) is 0 Å². The van der Waals surface area contributed by atoms with Gasteiger partial charge in [0.25, 0.3) is 0 Å². The van der Waals surface area contributed by atoms with Gasteiger partial charge in [-0.25, -0.2) is 0 Å². The zero-order valence-corrected chi connectivity index (χ0v) is 9.59. The van der Waals surface area contributed by atoms with Crippen molar-refractivity contribution >= 4 is 0 Å². The third-order valence-corrected chi connectivity index (χ3v) is 2.27. The molecule has 0 rings (SSSR count). The van der Waals surface area contributed by atoms with Crippen LogP contribution in [-0.4, -0.2) is 38.0 Å². The van der Waals surface area contributed by atoms with Crippen LogP contribution in [0.5, 0.6) is 0 Å². The summed E-state index contributed by atoms with van der Waals surface area (Å²) >= 11 is 0. The lowest BCUT2D eigenvalue weighted by Crippen LogP contribution is -2.33. The van der Waals surface area contributed by atoms with E-state index in [9.17, 15) is 0 Å². The van der Waals surface area contributed by atoms with Crippen LogP contribution in [0.15, 0.2) is 0 Å². The van der Waals surface area contributed by atoms with Crippen LogP contribution in [0.3, 0.4) is 0 Å². The molecule has 0 saturated heterocycles. The van der Waals surface area contributed by atoms with Crippen molar-refractivity contribution in [3.63, 3.8) is 0 Å².